The van der Waals surface area contributed by atoms with Crippen molar-refractivity contribution in [2.45, 2.75) is 0 Å². The molecule has 3 rings (SSSR count). The zero-order chi connectivity index (χ0) is 21.7. The molecule has 154 valence electrons. The van der Waals surface area contributed by atoms with Gasteiger partial charge in [0.25, 0.3) is 0 Å². The number of hydrogen-bond donors (Lipinski definition) is 0. The minimum absolute atomic E-state index is 0.145. The Morgan fingerprint density at radius 1 is 1.13 bits per heavy atom. The maximum atomic E-state index is 15.1. The Hall–Kier alpha value is -2.84. The summed E-state index contributed by atoms with van der Waals surface area (Å²) in [7, 11) is 2.67. The number of carbonyl (C=O) groups is 1. The molecule has 0 spiro atoms. The van der Waals surface area contributed by atoms with Crippen LogP contribution < -0.4 is 0 Å². The predicted molar refractivity (Wildman–Crippen MR) is 118 cm³/mol. The summed E-state index contributed by atoms with van der Waals surface area (Å²) < 4.78 is 38.6. The van der Waals surface area contributed by atoms with Crippen LogP contribution in [0.5, 0.6) is 0 Å². The zero-order valence-corrected chi connectivity index (χ0v) is 18.4. The summed E-state index contributed by atoms with van der Waals surface area (Å²) in [5.74, 6) is -1.55. The van der Waals surface area contributed by atoms with Crippen molar-refractivity contribution in [3.05, 3.63) is 80.5 Å². The highest BCUT2D eigenvalue weighted by atomic mass is 79.9. The van der Waals surface area contributed by atoms with Gasteiger partial charge in [-0.3, -0.25) is 0 Å². The summed E-state index contributed by atoms with van der Waals surface area (Å²) in [6.07, 6.45) is 2.55. The van der Waals surface area contributed by atoms with Crippen molar-refractivity contribution >= 4 is 50.7 Å². The van der Waals surface area contributed by atoms with E-state index in [-0.39, 0.29) is 16.4 Å². The fourth-order valence-electron chi connectivity index (χ4n) is 2.71. The van der Waals surface area contributed by atoms with Gasteiger partial charge in [-0.1, -0.05) is 24.3 Å². The molecule has 0 atom stereocenters. The number of aromatic nitrogens is 1. The van der Waals surface area contributed by atoms with Crippen LogP contribution in [0.3, 0.4) is 0 Å². The van der Waals surface area contributed by atoms with E-state index < -0.39 is 11.8 Å². The summed E-state index contributed by atoms with van der Waals surface area (Å²) in [6, 6.07) is 12.6. The number of carbonyl (C=O) groups excluding carboxylic acids is 1. The lowest BCUT2D eigenvalue weighted by molar-refractivity contribution is -0.133. The zero-order valence-electron chi connectivity index (χ0n) is 16.0. The van der Waals surface area contributed by atoms with Crippen LogP contribution in [0.15, 0.2) is 58.6 Å². The standard InChI is InChI=1S/C22H16BrF2NO3S/c1-28-12-17(22(27)29-2)16-6-4-3-5-14(16)11-18(25)21-26-19(20(23)30-21)13-7-9-15(24)10-8-13/h3-12H,1-2H3/b17-12-,18-11+. The second kappa shape index (κ2) is 9.77. The van der Waals surface area contributed by atoms with E-state index in [1.54, 1.807) is 36.4 Å². The van der Waals surface area contributed by atoms with E-state index in [1.165, 1.54) is 38.7 Å². The number of thiazole rings is 1. The molecule has 0 bridgehead atoms. The molecule has 0 aliphatic heterocycles. The molecule has 0 aliphatic rings. The molecule has 0 amide bonds. The average Bonchev–Trinajstić information content (AvgIpc) is 3.14. The van der Waals surface area contributed by atoms with Gasteiger partial charge in [0.2, 0.25) is 0 Å². The molecule has 0 N–H and O–H groups in total. The van der Waals surface area contributed by atoms with E-state index in [1.807, 2.05) is 0 Å². The molecule has 8 heteroatoms. The van der Waals surface area contributed by atoms with Crippen molar-refractivity contribution in [2.24, 2.45) is 0 Å². The van der Waals surface area contributed by atoms with E-state index in [4.69, 9.17) is 9.47 Å². The van der Waals surface area contributed by atoms with Gasteiger partial charge in [0.15, 0.2) is 10.8 Å². The van der Waals surface area contributed by atoms with Gasteiger partial charge in [0, 0.05) is 5.56 Å². The molecule has 0 fully saturated rings. The summed E-state index contributed by atoms with van der Waals surface area (Å²) >= 11 is 4.51. The molecule has 4 nitrogen and oxygen atoms in total. The van der Waals surface area contributed by atoms with Crippen molar-refractivity contribution in [2.75, 3.05) is 14.2 Å². The number of rotatable bonds is 6. The van der Waals surface area contributed by atoms with Crippen molar-refractivity contribution < 1.29 is 23.0 Å². The predicted octanol–water partition coefficient (Wildman–Crippen LogP) is 6.34. The fraction of sp³-hybridized carbons (Fsp3) is 0.0909. The van der Waals surface area contributed by atoms with Gasteiger partial charge in [-0.25, -0.2) is 18.6 Å². The first-order valence-electron chi connectivity index (χ1n) is 8.65. The lowest BCUT2D eigenvalue weighted by Crippen LogP contribution is -2.05. The molecule has 0 saturated carbocycles. The highest BCUT2D eigenvalue weighted by Gasteiger charge is 2.18. The van der Waals surface area contributed by atoms with Gasteiger partial charge in [0.05, 0.1) is 30.0 Å². The van der Waals surface area contributed by atoms with Crippen molar-refractivity contribution in [1.82, 2.24) is 4.98 Å². The number of ether oxygens (including phenoxy) is 2. The normalized spacial score (nSPS) is 12.0. The first-order valence-corrected chi connectivity index (χ1v) is 10.3. The third-order valence-corrected chi connectivity index (χ3v) is 5.80. The number of nitrogens with zero attached hydrogens (tertiary/aromatic N) is 1. The van der Waals surface area contributed by atoms with E-state index >= 15 is 4.39 Å². The van der Waals surface area contributed by atoms with Crippen LogP contribution in [0.4, 0.5) is 8.78 Å². The summed E-state index contributed by atoms with van der Waals surface area (Å²) in [4.78, 5) is 16.5. The Morgan fingerprint density at radius 2 is 1.83 bits per heavy atom. The van der Waals surface area contributed by atoms with Gasteiger partial charge < -0.3 is 9.47 Å². The molecule has 30 heavy (non-hydrogen) atoms. The summed E-state index contributed by atoms with van der Waals surface area (Å²) in [5.41, 5.74) is 2.25. The molecule has 0 radical (unpaired) electrons. The molecule has 0 aliphatic carbocycles. The number of esters is 1. The maximum Gasteiger partial charge on any atom is 0.341 e. The van der Waals surface area contributed by atoms with Crippen molar-refractivity contribution in [3.63, 3.8) is 0 Å². The smallest absolute Gasteiger partial charge is 0.341 e. The quantitative estimate of drug-likeness (QED) is 0.229. The molecular weight excluding hydrogens is 476 g/mol. The third-order valence-electron chi connectivity index (χ3n) is 4.08. The highest BCUT2D eigenvalue weighted by molar-refractivity contribution is 9.11. The lowest BCUT2D eigenvalue weighted by Gasteiger charge is -2.09. The third kappa shape index (κ3) is 4.83. The van der Waals surface area contributed by atoms with Crippen LogP contribution in [0.2, 0.25) is 0 Å². The van der Waals surface area contributed by atoms with Crippen molar-refractivity contribution in [3.8, 4) is 11.3 Å². The minimum Gasteiger partial charge on any atom is -0.503 e. The van der Waals surface area contributed by atoms with Crippen LogP contribution in [0, 0.1) is 5.82 Å². The molecule has 1 heterocycles. The Kier molecular flexibility index (Phi) is 7.12. The first-order chi connectivity index (χ1) is 14.4. The summed E-state index contributed by atoms with van der Waals surface area (Å²) in [6.45, 7) is 0. The molecule has 0 unspecified atom stereocenters. The minimum atomic E-state index is -0.603. The van der Waals surface area contributed by atoms with E-state index in [0.717, 1.165) is 11.3 Å². The van der Waals surface area contributed by atoms with E-state index in [0.29, 0.717) is 26.2 Å². The average molecular weight is 492 g/mol. The number of methoxy groups -OCH3 is 2. The van der Waals surface area contributed by atoms with Gasteiger partial charge in [-0.05, 0) is 57.4 Å². The van der Waals surface area contributed by atoms with Crippen LogP contribution in [0.1, 0.15) is 16.1 Å². The van der Waals surface area contributed by atoms with Crippen molar-refractivity contribution in [1.29, 1.82) is 0 Å². The number of halogens is 3. The number of hydrogen-bond acceptors (Lipinski definition) is 5. The fourth-order valence-corrected chi connectivity index (χ4v) is 4.21. The first kappa shape index (κ1) is 21.9. The second-order valence-electron chi connectivity index (χ2n) is 5.99. The Balaban J connectivity index is 2.01. The molecule has 2 aromatic carbocycles. The summed E-state index contributed by atoms with van der Waals surface area (Å²) in [5, 5.41) is 0.145. The molecule has 3 aromatic rings. The highest BCUT2D eigenvalue weighted by Crippen LogP contribution is 2.37. The van der Waals surface area contributed by atoms with Crippen LogP contribution >= 0.6 is 27.3 Å². The SMILES string of the molecule is CO/C=C(\C(=O)OC)c1ccccc1/C=C(/F)c1nc(-c2ccc(F)cc2)c(Br)s1. The monoisotopic (exact) mass is 491 g/mol. The van der Waals surface area contributed by atoms with Crippen LogP contribution in [-0.2, 0) is 14.3 Å². The number of benzene rings is 2. The van der Waals surface area contributed by atoms with E-state index in [2.05, 4.69) is 20.9 Å². The molecule has 1 aromatic heterocycles. The van der Waals surface area contributed by atoms with Gasteiger partial charge in [0.1, 0.15) is 11.4 Å². The van der Waals surface area contributed by atoms with Crippen LogP contribution in [-0.4, -0.2) is 25.2 Å². The molecule has 0 saturated heterocycles. The molecular formula is C22H16BrF2NO3S. The van der Waals surface area contributed by atoms with Gasteiger partial charge in [-0.15, -0.1) is 11.3 Å². The van der Waals surface area contributed by atoms with E-state index in [9.17, 15) is 9.18 Å². The second-order valence-corrected chi connectivity index (χ2v) is 8.30. The largest absolute Gasteiger partial charge is 0.503 e. The van der Waals surface area contributed by atoms with Gasteiger partial charge in [-0.2, -0.15) is 0 Å². The maximum absolute atomic E-state index is 15.1. The Morgan fingerprint density at radius 3 is 2.50 bits per heavy atom. The van der Waals surface area contributed by atoms with Crippen LogP contribution in [0.25, 0.3) is 28.7 Å². The Bertz CT molecular complexity index is 1120. The van der Waals surface area contributed by atoms with Gasteiger partial charge >= 0.3 is 5.97 Å². The topological polar surface area (TPSA) is 48.4 Å². The lowest BCUT2D eigenvalue weighted by atomic mass is 10.00. The Labute approximate surface area is 184 Å².